The molecule has 1 heterocycles. The number of ether oxygens (including phenoxy) is 1. The van der Waals surface area contributed by atoms with Gasteiger partial charge in [-0.3, -0.25) is 14.6 Å². The molecule has 6 heteroatoms. The van der Waals surface area contributed by atoms with Crippen LogP contribution < -0.4 is 11.5 Å². The Bertz CT molecular complexity index is 1050. The normalized spacial score (nSPS) is 36.7. The lowest BCUT2D eigenvalue weighted by Crippen LogP contribution is -2.50. The first-order chi connectivity index (χ1) is 16.7. The Kier molecular flexibility index (Phi) is 6.37. The minimum absolute atomic E-state index is 0.102. The molecule has 4 aliphatic carbocycles. The van der Waals surface area contributed by atoms with E-state index >= 15 is 0 Å². The fraction of sp³-hybridized carbons (Fsp3) is 0.621. The second-order valence-corrected chi connectivity index (χ2v) is 11.7. The third-order valence-electron chi connectivity index (χ3n) is 9.90. The van der Waals surface area contributed by atoms with E-state index in [1.54, 1.807) is 0 Å². The number of primary amides is 1. The molecular weight excluding hydrogens is 438 g/mol. The molecule has 0 saturated heterocycles. The second kappa shape index (κ2) is 9.20. The standard InChI is InChI=1S/C29H39N3O3/c1-28-13-11-20(35-27(34)25(30)9-10-26(31)33)16-19(28)5-6-21-23-8-7-22(18-4-3-15-32-17-18)29(23,2)14-12-24(21)28/h3-5,7,15,17,20-21,23-25H,6,8-14,16,30H2,1-2H3,(H2,31,33)/t20-,21-,23-,24-,25-,28-,29+/m0/s1. The average Bonchev–Trinajstić information content (AvgIpc) is 3.20. The van der Waals surface area contributed by atoms with Gasteiger partial charge in [-0.25, -0.2) is 0 Å². The quantitative estimate of drug-likeness (QED) is 0.462. The van der Waals surface area contributed by atoms with Crippen molar-refractivity contribution in [2.24, 2.45) is 40.1 Å². The number of fused-ring (bicyclic) bond motifs is 5. The number of hydrogen-bond acceptors (Lipinski definition) is 5. The monoisotopic (exact) mass is 477 g/mol. The van der Waals surface area contributed by atoms with Crippen LogP contribution in [0.2, 0.25) is 0 Å². The number of carbonyl (C=O) groups is 2. The summed E-state index contributed by atoms with van der Waals surface area (Å²) >= 11 is 0. The zero-order chi connectivity index (χ0) is 24.8. The number of carbonyl (C=O) groups excluding carboxylic acids is 2. The number of allylic oxidation sites excluding steroid dienone is 3. The maximum Gasteiger partial charge on any atom is 0.323 e. The number of aromatic nitrogens is 1. The van der Waals surface area contributed by atoms with E-state index in [0.717, 1.165) is 32.1 Å². The molecule has 0 spiro atoms. The molecule has 1 amide bonds. The molecule has 1 aromatic heterocycles. The molecule has 0 unspecified atom stereocenters. The van der Waals surface area contributed by atoms with Crippen LogP contribution >= 0.6 is 0 Å². The highest BCUT2D eigenvalue weighted by molar-refractivity contribution is 5.78. The molecule has 188 valence electrons. The highest BCUT2D eigenvalue weighted by Gasteiger charge is 2.57. The number of rotatable bonds is 6. The number of nitrogens with two attached hydrogens (primary N) is 2. The van der Waals surface area contributed by atoms with Gasteiger partial charge < -0.3 is 16.2 Å². The summed E-state index contributed by atoms with van der Waals surface area (Å²) in [5.41, 5.74) is 15.8. The Balaban J connectivity index is 1.28. The zero-order valence-corrected chi connectivity index (χ0v) is 21.0. The van der Waals surface area contributed by atoms with Crippen LogP contribution in [0, 0.1) is 28.6 Å². The highest BCUT2D eigenvalue weighted by atomic mass is 16.5. The molecule has 2 saturated carbocycles. The molecule has 1 aromatic rings. The molecule has 5 rings (SSSR count). The van der Waals surface area contributed by atoms with Crippen LogP contribution in [0.3, 0.4) is 0 Å². The number of esters is 1. The van der Waals surface area contributed by atoms with Crippen molar-refractivity contribution < 1.29 is 14.3 Å². The number of pyridine rings is 1. The molecule has 4 N–H and O–H groups in total. The molecule has 0 radical (unpaired) electrons. The largest absolute Gasteiger partial charge is 0.461 e. The van der Waals surface area contributed by atoms with Crippen LogP contribution in [-0.4, -0.2) is 29.0 Å². The smallest absolute Gasteiger partial charge is 0.323 e. The summed E-state index contributed by atoms with van der Waals surface area (Å²) in [4.78, 5) is 27.9. The Morgan fingerprint density at radius 3 is 2.69 bits per heavy atom. The van der Waals surface area contributed by atoms with E-state index in [1.807, 2.05) is 18.5 Å². The summed E-state index contributed by atoms with van der Waals surface area (Å²) in [5, 5.41) is 0. The fourth-order valence-electron chi connectivity index (χ4n) is 7.93. The van der Waals surface area contributed by atoms with Crippen LogP contribution in [0.25, 0.3) is 5.57 Å². The van der Waals surface area contributed by atoms with Crippen LogP contribution in [-0.2, 0) is 14.3 Å². The van der Waals surface area contributed by atoms with Crippen molar-refractivity contribution >= 4 is 17.4 Å². The Hall–Kier alpha value is -2.47. The van der Waals surface area contributed by atoms with Gasteiger partial charge in [-0.2, -0.15) is 0 Å². The lowest BCUT2D eigenvalue weighted by molar-refractivity contribution is -0.153. The predicted molar refractivity (Wildman–Crippen MR) is 136 cm³/mol. The first-order valence-electron chi connectivity index (χ1n) is 13.3. The van der Waals surface area contributed by atoms with Gasteiger partial charge in [-0.05, 0) is 90.7 Å². The molecule has 0 aromatic carbocycles. The minimum atomic E-state index is -0.791. The maximum absolute atomic E-state index is 12.5. The maximum atomic E-state index is 12.5. The first kappa shape index (κ1) is 24.2. The van der Waals surface area contributed by atoms with Gasteiger partial charge in [0.15, 0.2) is 0 Å². The van der Waals surface area contributed by atoms with E-state index in [4.69, 9.17) is 16.2 Å². The minimum Gasteiger partial charge on any atom is -0.461 e. The number of nitrogens with zero attached hydrogens (tertiary/aromatic N) is 1. The van der Waals surface area contributed by atoms with Crippen LogP contribution in [0.15, 0.2) is 42.3 Å². The third-order valence-corrected chi connectivity index (χ3v) is 9.90. The Morgan fingerprint density at radius 1 is 1.14 bits per heavy atom. The topological polar surface area (TPSA) is 108 Å². The summed E-state index contributed by atoms with van der Waals surface area (Å²) < 4.78 is 5.79. The average molecular weight is 478 g/mol. The first-order valence-corrected chi connectivity index (χ1v) is 13.3. The van der Waals surface area contributed by atoms with Gasteiger partial charge in [0.2, 0.25) is 5.91 Å². The van der Waals surface area contributed by atoms with Gasteiger partial charge in [-0.1, -0.05) is 37.6 Å². The molecule has 4 aliphatic rings. The molecule has 2 fully saturated rings. The van der Waals surface area contributed by atoms with Gasteiger partial charge in [0.05, 0.1) is 0 Å². The van der Waals surface area contributed by atoms with E-state index < -0.39 is 17.9 Å². The van der Waals surface area contributed by atoms with Crippen LogP contribution in [0.5, 0.6) is 0 Å². The van der Waals surface area contributed by atoms with Gasteiger partial charge in [0.1, 0.15) is 12.1 Å². The van der Waals surface area contributed by atoms with Crippen molar-refractivity contribution in [3.05, 3.63) is 47.8 Å². The Labute approximate surface area is 208 Å². The fourth-order valence-corrected chi connectivity index (χ4v) is 7.93. The second-order valence-electron chi connectivity index (χ2n) is 11.7. The molecule has 35 heavy (non-hydrogen) atoms. The van der Waals surface area contributed by atoms with E-state index in [9.17, 15) is 9.59 Å². The SMILES string of the molecule is C[C@]12CC[C@H](OC(=O)[C@@H](N)CCC(N)=O)CC1=CC[C@@H]1[C@@H]2CC[C@]2(C)C(c3cccnc3)=CC[C@@H]12. The molecule has 0 bridgehead atoms. The lowest BCUT2D eigenvalue weighted by atomic mass is 9.47. The molecule has 7 atom stereocenters. The summed E-state index contributed by atoms with van der Waals surface area (Å²) in [5.74, 6) is 1.18. The highest BCUT2D eigenvalue weighted by Crippen LogP contribution is 2.66. The summed E-state index contributed by atoms with van der Waals surface area (Å²) in [6.45, 7) is 4.94. The van der Waals surface area contributed by atoms with Crippen molar-refractivity contribution in [1.29, 1.82) is 0 Å². The van der Waals surface area contributed by atoms with E-state index in [2.05, 4.69) is 37.0 Å². The van der Waals surface area contributed by atoms with Gasteiger partial charge in [0.25, 0.3) is 0 Å². The van der Waals surface area contributed by atoms with E-state index in [0.29, 0.717) is 17.8 Å². The summed E-state index contributed by atoms with van der Waals surface area (Å²) in [6, 6.07) is 3.46. The van der Waals surface area contributed by atoms with Crippen molar-refractivity contribution in [3.63, 3.8) is 0 Å². The van der Waals surface area contributed by atoms with Gasteiger partial charge in [-0.15, -0.1) is 0 Å². The van der Waals surface area contributed by atoms with Crippen molar-refractivity contribution in [1.82, 2.24) is 4.98 Å². The Morgan fingerprint density at radius 2 is 1.94 bits per heavy atom. The predicted octanol–water partition coefficient (Wildman–Crippen LogP) is 4.54. The molecule has 0 aliphatic heterocycles. The molecule has 6 nitrogen and oxygen atoms in total. The van der Waals surface area contributed by atoms with E-state index in [1.165, 1.54) is 29.6 Å². The number of hydrogen-bond donors (Lipinski definition) is 2. The van der Waals surface area contributed by atoms with Crippen LogP contribution in [0.4, 0.5) is 0 Å². The van der Waals surface area contributed by atoms with Crippen molar-refractivity contribution in [2.45, 2.75) is 83.8 Å². The van der Waals surface area contributed by atoms with Crippen LogP contribution in [0.1, 0.15) is 77.2 Å². The van der Waals surface area contributed by atoms with Crippen molar-refractivity contribution in [3.8, 4) is 0 Å². The third kappa shape index (κ3) is 4.24. The summed E-state index contributed by atoms with van der Waals surface area (Å²) in [6.07, 6.45) is 16.5. The molecular formula is C29H39N3O3. The van der Waals surface area contributed by atoms with Gasteiger partial charge in [0, 0.05) is 25.2 Å². The van der Waals surface area contributed by atoms with E-state index in [-0.39, 0.29) is 29.8 Å². The summed E-state index contributed by atoms with van der Waals surface area (Å²) in [7, 11) is 0. The zero-order valence-electron chi connectivity index (χ0n) is 21.0. The van der Waals surface area contributed by atoms with Crippen molar-refractivity contribution in [2.75, 3.05) is 0 Å². The number of amides is 1. The van der Waals surface area contributed by atoms with Gasteiger partial charge >= 0.3 is 5.97 Å². The lowest BCUT2D eigenvalue weighted by Gasteiger charge is -2.57.